The lowest BCUT2D eigenvalue weighted by molar-refractivity contribution is 1.03. The molecule has 0 spiro atoms. The third kappa shape index (κ3) is 3.08. The summed E-state index contributed by atoms with van der Waals surface area (Å²) in [5.41, 5.74) is 7.62. The Morgan fingerprint density at radius 2 is 1.94 bits per heavy atom. The Balaban J connectivity index is 2.06. The minimum Gasteiger partial charge on any atom is -0.365 e. The maximum atomic E-state index is 11.4. The summed E-state index contributed by atoms with van der Waals surface area (Å²) >= 11 is 1.97. The summed E-state index contributed by atoms with van der Waals surface area (Å²) in [5.74, 6) is 0.599. The number of benzene rings is 1. The molecule has 0 aliphatic heterocycles. The van der Waals surface area contributed by atoms with Crippen LogP contribution in [0, 0.1) is 3.57 Å². The highest BCUT2D eigenvalue weighted by Crippen LogP contribution is 2.11. The fourth-order valence-corrected chi connectivity index (χ4v) is 1.97. The number of hydrogen-bond acceptors (Lipinski definition) is 4. The number of H-pyrrole nitrogens is 1. The van der Waals surface area contributed by atoms with Gasteiger partial charge in [0.05, 0.1) is 6.33 Å². The van der Waals surface area contributed by atoms with Crippen molar-refractivity contribution < 1.29 is 0 Å². The monoisotopic (exact) mass is 356 g/mol. The number of rotatable bonds is 4. The van der Waals surface area contributed by atoms with Crippen molar-refractivity contribution in [2.24, 2.45) is 5.73 Å². The van der Waals surface area contributed by atoms with E-state index < -0.39 is 0 Å². The molecule has 94 valence electrons. The van der Waals surface area contributed by atoms with Crippen LogP contribution in [0.5, 0.6) is 0 Å². The van der Waals surface area contributed by atoms with Gasteiger partial charge < -0.3 is 16.0 Å². The molecule has 0 radical (unpaired) electrons. The third-order valence-electron chi connectivity index (χ3n) is 2.52. The van der Waals surface area contributed by atoms with Crippen LogP contribution >= 0.6 is 22.6 Å². The van der Waals surface area contributed by atoms with Crippen LogP contribution in [0.1, 0.15) is 11.1 Å². The Bertz CT molecular complexity index is 579. The van der Waals surface area contributed by atoms with Crippen molar-refractivity contribution in [3.05, 3.63) is 55.6 Å². The summed E-state index contributed by atoms with van der Waals surface area (Å²) in [7, 11) is 0. The molecular weight excluding hydrogens is 343 g/mol. The van der Waals surface area contributed by atoms with Crippen LogP contribution in [0.3, 0.4) is 0 Å². The molecule has 0 atom stereocenters. The van der Waals surface area contributed by atoms with Crippen LogP contribution < -0.4 is 16.6 Å². The Morgan fingerprint density at radius 3 is 2.61 bits per heavy atom. The summed E-state index contributed by atoms with van der Waals surface area (Å²) in [6, 6.07) is 8.00. The molecule has 6 heteroatoms. The smallest absolute Gasteiger partial charge is 0.266 e. The number of hydrogen-bond donors (Lipinski definition) is 3. The maximum Gasteiger partial charge on any atom is 0.266 e. The topological polar surface area (TPSA) is 83.8 Å². The van der Waals surface area contributed by atoms with E-state index in [1.807, 2.05) is 46.9 Å². The number of nitrogens with two attached hydrogens (primary N) is 1. The number of aromatic nitrogens is 2. The van der Waals surface area contributed by atoms with Gasteiger partial charge in [0, 0.05) is 13.1 Å². The van der Waals surface area contributed by atoms with Crippen molar-refractivity contribution in [3.8, 4) is 0 Å². The SMILES string of the molecule is NCc1ccc(CNc2nc[nH]c(=O)c2I)cc1. The number of anilines is 1. The average Bonchev–Trinajstić information content (AvgIpc) is 2.41. The summed E-state index contributed by atoms with van der Waals surface area (Å²) in [6.07, 6.45) is 1.39. The molecule has 0 unspecified atom stereocenters. The van der Waals surface area contributed by atoms with Gasteiger partial charge in [0.25, 0.3) is 5.56 Å². The number of nitrogens with one attached hydrogen (secondary N) is 2. The van der Waals surface area contributed by atoms with Gasteiger partial charge in [-0.2, -0.15) is 0 Å². The standard InChI is InChI=1S/C12H13IN4O/c13-10-11(16-7-17-12(10)18)15-6-9-3-1-8(5-14)2-4-9/h1-4,7H,5-6,14H2,(H2,15,16,17,18). The Morgan fingerprint density at radius 1 is 1.28 bits per heavy atom. The highest BCUT2D eigenvalue weighted by Gasteiger charge is 2.04. The van der Waals surface area contributed by atoms with Gasteiger partial charge >= 0.3 is 0 Å². The molecular formula is C12H13IN4O. The first kappa shape index (κ1) is 13.0. The molecule has 2 aromatic rings. The van der Waals surface area contributed by atoms with Crippen LogP contribution in [-0.4, -0.2) is 9.97 Å². The van der Waals surface area contributed by atoms with E-state index in [4.69, 9.17) is 5.73 Å². The largest absolute Gasteiger partial charge is 0.365 e. The first-order chi connectivity index (χ1) is 8.70. The van der Waals surface area contributed by atoms with E-state index in [0.717, 1.165) is 11.1 Å². The molecule has 1 heterocycles. The number of nitrogens with zero attached hydrogens (tertiary/aromatic N) is 1. The van der Waals surface area contributed by atoms with Crippen molar-refractivity contribution in [1.82, 2.24) is 9.97 Å². The van der Waals surface area contributed by atoms with E-state index in [2.05, 4.69) is 15.3 Å². The number of halogens is 1. The summed E-state index contributed by atoms with van der Waals surface area (Å²) in [5, 5.41) is 3.14. The van der Waals surface area contributed by atoms with Gasteiger partial charge in [-0.15, -0.1) is 0 Å². The van der Waals surface area contributed by atoms with Crippen molar-refractivity contribution in [2.75, 3.05) is 5.32 Å². The van der Waals surface area contributed by atoms with E-state index in [9.17, 15) is 4.79 Å². The van der Waals surface area contributed by atoms with Gasteiger partial charge in [0.2, 0.25) is 0 Å². The molecule has 0 saturated carbocycles. The fourth-order valence-electron chi connectivity index (χ4n) is 1.49. The second kappa shape index (κ2) is 5.96. The summed E-state index contributed by atoms with van der Waals surface area (Å²) in [6.45, 7) is 1.17. The normalized spacial score (nSPS) is 10.3. The second-order valence-corrected chi connectivity index (χ2v) is 4.85. The summed E-state index contributed by atoms with van der Waals surface area (Å²) in [4.78, 5) is 18.0. The molecule has 0 aliphatic rings. The molecule has 2 rings (SSSR count). The lowest BCUT2D eigenvalue weighted by Crippen LogP contribution is -2.14. The van der Waals surface area contributed by atoms with E-state index in [0.29, 0.717) is 22.5 Å². The highest BCUT2D eigenvalue weighted by molar-refractivity contribution is 14.1. The molecule has 1 aromatic heterocycles. The van der Waals surface area contributed by atoms with Gasteiger partial charge in [-0.3, -0.25) is 4.79 Å². The Hall–Kier alpha value is -1.41. The minimum absolute atomic E-state index is 0.133. The number of aromatic amines is 1. The van der Waals surface area contributed by atoms with E-state index >= 15 is 0 Å². The van der Waals surface area contributed by atoms with Crippen molar-refractivity contribution in [3.63, 3.8) is 0 Å². The zero-order chi connectivity index (χ0) is 13.0. The quantitative estimate of drug-likeness (QED) is 0.724. The van der Waals surface area contributed by atoms with Crippen molar-refractivity contribution in [2.45, 2.75) is 13.1 Å². The predicted molar refractivity (Wildman–Crippen MR) is 79.2 cm³/mol. The molecule has 0 aliphatic carbocycles. The predicted octanol–water partition coefficient (Wildman–Crippen LogP) is 1.45. The van der Waals surface area contributed by atoms with Crippen LogP contribution in [0.4, 0.5) is 5.82 Å². The molecule has 0 amide bonds. The molecule has 0 bridgehead atoms. The Labute approximate surface area is 118 Å². The van der Waals surface area contributed by atoms with Crippen LogP contribution in [-0.2, 0) is 13.1 Å². The van der Waals surface area contributed by atoms with Crippen LogP contribution in [0.2, 0.25) is 0 Å². The van der Waals surface area contributed by atoms with E-state index in [-0.39, 0.29) is 5.56 Å². The van der Waals surface area contributed by atoms with Crippen LogP contribution in [0.15, 0.2) is 35.4 Å². The molecule has 5 nitrogen and oxygen atoms in total. The second-order valence-electron chi connectivity index (χ2n) is 3.77. The maximum absolute atomic E-state index is 11.4. The van der Waals surface area contributed by atoms with Crippen molar-refractivity contribution in [1.29, 1.82) is 0 Å². The molecule has 18 heavy (non-hydrogen) atoms. The van der Waals surface area contributed by atoms with E-state index in [1.54, 1.807) is 0 Å². The third-order valence-corrected chi connectivity index (χ3v) is 3.52. The minimum atomic E-state index is -0.133. The van der Waals surface area contributed by atoms with Gasteiger partial charge in [0.15, 0.2) is 0 Å². The van der Waals surface area contributed by atoms with Gasteiger partial charge in [-0.1, -0.05) is 24.3 Å². The molecule has 1 aromatic carbocycles. The average molecular weight is 356 g/mol. The van der Waals surface area contributed by atoms with Gasteiger partial charge in [0.1, 0.15) is 9.39 Å². The summed E-state index contributed by atoms with van der Waals surface area (Å²) < 4.78 is 0.564. The van der Waals surface area contributed by atoms with Crippen LogP contribution in [0.25, 0.3) is 0 Å². The van der Waals surface area contributed by atoms with Crippen molar-refractivity contribution >= 4 is 28.4 Å². The highest BCUT2D eigenvalue weighted by atomic mass is 127. The lowest BCUT2D eigenvalue weighted by Gasteiger charge is -2.07. The molecule has 0 fully saturated rings. The van der Waals surface area contributed by atoms with Gasteiger partial charge in [-0.05, 0) is 33.7 Å². The Kier molecular flexibility index (Phi) is 4.32. The molecule has 4 N–H and O–H groups in total. The lowest BCUT2D eigenvalue weighted by atomic mass is 10.1. The zero-order valence-corrected chi connectivity index (χ0v) is 11.8. The first-order valence-electron chi connectivity index (χ1n) is 5.45. The first-order valence-corrected chi connectivity index (χ1v) is 6.53. The van der Waals surface area contributed by atoms with Gasteiger partial charge in [-0.25, -0.2) is 4.98 Å². The zero-order valence-electron chi connectivity index (χ0n) is 9.61. The fraction of sp³-hybridized carbons (Fsp3) is 0.167. The van der Waals surface area contributed by atoms with E-state index in [1.165, 1.54) is 6.33 Å². The molecule has 0 saturated heterocycles.